The Balaban J connectivity index is 2.94. The van der Waals surface area contributed by atoms with E-state index in [9.17, 15) is 19.7 Å². The van der Waals surface area contributed by atoms with Gasteiger partial charge in [-0.05, 0) is 32.8 Å². The fraction of sp³-hybridized carbons (Fsp3) is 0.333. The highest BCUT2D eigenvalue weighted by atomic mass is 16.6. The van der Waals surface area contributed by atoms with Gasteiger partial charge in [0.15, 0.2) is 0 Å². The van der Waals surface area contributed by atoms with E-state index in [0.717, 1.165) is 0 Å². The van der Waals surface area contributed by atoms with Crippen LogP contribution >= 0.6 is 0 Å². The molecule has 1 aromatic carbocycles. The molecule has 25 heavy (non-hydrogen) atoms. The van der Waals surface area contributed by atoms with Gasteiger partial charge < -0.3 is 10.2 Å². The number of hydrogen-bond acceptors (Lipinski definition) is 4. The predicted octanol–water partition coefficient (Wildman–Crippen LogP) is 1.88. The van der Waals surface area contributed by atoms with Crippen LogP contribution in [-0.2, 0) is 9.59 Å². The molecule has 1 N–H and O–H groups in total. The van der Waals surface area contributed by atoms with E-state index in [-0.39, 0.29) is 30.2 Å². The second-order valence-electron chi connectivity index (χ2n) is 6.30. The van der Waals surface area contributed by atoms with Crippen molar-refractivity contribution in [3.8, 4) is 11.8 Å². The van der Waals surface area contributed by atoms with Gasteiger partial charge in [-0.3, -0.25) is 19.7 Å². The van der Waals surface area contributed by atoms with E-state index in [1.807, 2.05) is 20.8 Å². The van der Waals surface area contributed by atoms with Crippen molar-refractivity contribution < 1.29 is 14.5 Å². The number of carbonyl (C=O) groups excluding carboxylic acids is 2. The number of rotatable bonds is 5. The quantitative estimate of drug-likeness (QED) is 0.382. The molecule has 1 rings (SSSR count). The van der Waals surface area contributed by atoms with Gasteiger partial charge in [0, 0.05) is 24.1 Å². The molecule has 0 radical (unpaired) electrons. The Morgan fingerprint density at radius 1 is 1.36 bits per heavy atom. The lowest BCUT2D eigenvalue weighted by Crippen LogP contribution is -2.47. The van der Waals surface area contributed by atoms with Crippen LogP contribution in [0, 0.1) is 22.0 Å². The van der Waals surface area contributed by atoms with E-state index >= 15 is 0 Å². The maximum absolute atomic E-state index is 12.2. The standard InChI is InChI=1S/C18H21N3O4/c1-5-12-20(13-16(22)19-18(2,3)4)17(23)11-10-14-8-6-7-9-15(14)21(24)25/h5-9H,1,12-13H2,2-4H3,(H,19,22). The van der Waals surface area contributed by atoms with Gasteiger partial charge in [-0.25, -0.2) is 0 Å². The highest BCUT2D eigenvalue weighted by molar-refractivity contribution is 5.96. The minimum absolute atomic E-state index is 0.138. The molecular formula is C18H21N3O4. The smallest absolute Gasteiger partial charge is 0.299 e. The molecule has 0 spiro atoms. The van der Waals surface area contributed by atoms with Crippen LogP contribution in [0.3, 0.4) is 0 Å². The minimum atomic E-state index is -0.609. The summed E-state index contributed by atoms with van der Waals surface area (Å²) >= 11 is 0. The Morgan fingerprint density at radius 2 is 2.00 bits per heavy atom. The van der Waals surface area contributed by atoms with Gasteiger partial charge in [0.05, 0.1) is 4.92 Å². The summed E-state index contributed by atoms with van der Waals surface area (Å²) in [6.45, 7) is 9.02. The third-order valence-corrected chi connectivity index (χ3v) is 2.89. The monoisotopic (exact) mass is 343 g/mol. The molecule has 0 aromatic heterocycles. The topological polar surface area (TPSA) is 92.6 Å². The third kappa shape index (κ3) is 6.87. The summed E-state index contributed by atoms with van der Waals surface area (Å²) < 4.78 is 0. The average Bonchev–Trinajstić information content (AvgIpc) is 2.50. The van der Waals surface area contributed by atoms with Gasteiger partial charge in [-0.1, -0.05) is 18.2 Å². The van der Waals surface area contributed by atoms with Crippen LogP contribution in [0.4, 0.5) is 5.69 Å². The number of nitrogens with one attached hydrogen (secondary N) is 1. The largest absolute Gasteiger partial charge is 0.350 e. The van der Waals surface area contributed by atoms with Crippen molar-refractivity contribution >= 4 is 17.5 Å². The fourth-order valence-corrected chi connectivity index (χ4v) is 1.94. The molecule has 0 aliphatic heterocycles. The highest BCUT2D eigenvalue weighted by Gasteiger charge is 2.19. The van der Waals surface area contributed by atoms with E-state index in [0.29, 0.717) is 0 Å². The molecule has 0 bridgehead atoms. The highest BCUT2D eigenvalue weighted by Crippen LogP contribution is 2.15. The minimum Gasteiger partial charge on any atom is -0.350 e. The summed E-state index contributed by atoms with van der Waals surface area (Å²) in [6, 6.07) is 5.89. The molecule has 0 unspecified atom stereocenters. The summed E-state index contributed by atoms with van der Waals surface area (Å²) in [6.07, 6.45) is 1.48. The Labute approximate surface area is 146 Å². The molecule has 7 heteroatoms. The van der Waals surface area contributed by atoms with Gasteiger partial charge >= 0.3 is 0 Å². The zero-order valence-corrected chi connectivity index (χ0v) is 14.5. The molecular weight excluding hydrogens is 322 g/mol. The molecule has 0 aliphatic rings. The Bertz CT molecular complexity index is 739. The first-order valence-corrected chi connectivity index (χ1v) is 7.60. The number of para-hydroxylation sites is 1. The van der Waals surface area contributed by atoms with Gasteiger partial charge in [0.1, 0.15) is 12.1 Å². The van der Waals surface area contributed by atoms with Crippen molar-refractivity contribution in [1.82, 2.24) is 10.2 Å². The molecule has 0 fully saturated rings. The first-order valence-electron chi connectivity index (χ1n) is 7.60. The van der Waals surface area contributed by atoms with Crippen LogP contribution in [0.5, 0.6) is 0 Å². The van der Waals surface area contributed by atoms with Crippen LogP contribution in [0.15, 0.2) is 36.9 Å². The number of benzene rings is 1. The molecule has 0 heterocycles. The normalized spacial score (nSPS) is 10.2. The van der Waals surface area contributed by atoms with Crippen LogP contribution in [0.2, 0.25) is 0 Å². The second-order valence-corrected chi connectivity index (χ2v) is 6.30. The number of amides is 2. The zero-order chi connectivity index (χ0) is 19.0. The maximum atomic E-state index is 12.2. The van der Waals surface area contributed by atoms with E-state index in [1.54, 1.807) is 6.07 Å². The van der Waals surface area contributed by atoms with Crippen molar-refractivity contribution in [3.63, 3.8) is 0 Å². The molecule has 2 amide bonds. The maximum Gasteiger partial charge on any atom is 0.299 e. The predicted molar refractivity (Wildman–Crippen MR) is 94.6 cm³/mol. The van der Waals surface area contributed by atoms with E-state index in [1.165, 1.54) is 29.2 Å². The number of hydrogen-bond donors (Lipinski definition) is 1. The number of nitro benzene ring substituents is 1. The first kappa shape index (κ1) is 19.9. The summed E-state index contributed by atoms with van der Waals surface area (Å²) in [5, 5.41) is 13.7. The SMILES string of the molecule is C=CCN(CC(=O)NC(C)(C)C)C(=O)C#Cc1ccccc1[N+](=O)[O-]. The number of nitro groups is 1. The van der Waals surface area contributed by atoms with Crippen molar-refractivity contribution in [3.05, 3.63) is 52.6 Å². The van der Waals surface area contributed by atoms with Crippen LogP contribution in [-0.4, -0.2) is 40.3 Å². The van der Waals surface area contributed by atoms with Crippen LogP contribution in [0.1, 0.15) is 26.3 Å². The summed E-state index contributed by atoms with van der Waals surface area (Å²) in [4.78, 5) is 35.8. The van der Waals surface area contributed by atoms with Crippen molar-refractivity contribution in [2.24, 2.45) is 0 Å². The van der Waals surface area contributed by atoms with Crippen LogP contribution < -0.4 is 5.32 Å². The molecule has 0 saturated heterocycles. The second kappa shape index (κ2) is 8.64. The molecule has 0 saturated carbocycles. The molecule has 7 nitrogen and oxygen atoms in total. The van der Waals surface area contributed by atoms with Gasteiger partial charge in [0.2, 0.25) is 5.91 Å². The lowest BCUT2D eigenvalue weighted by atomic mass is 10.1. The molecule has 132 valence electrons. The average molecular weight is 343 g/mol. The summed E-state index contributed by atoms with van der Waals surface area (Å²) in [5.41, 5.74) is -0.460. The van der Waals surface area contributed by atoms with Crippen molar-refractivity contribution in [1.29, 1.82) is 0 Å². The molecule has 0 aliphatic carbocycles. The van der Waals surface area contributed by atoms with Gasteiger partial charge in [-0.2, -0.15) is 0 Å². The van der Waals surface area contributed by atoms with Gasteiger partial charge in [0.25, 0.3) is 11.6 Å². The molecule has 0 atom stereocenters. The van der Waals surface area contributed by atoms with Gasteiger partial charge in [-0.15, -0.1) is 6.58 Å². The van der Waals surface area contributed by atoms with E-state index in [4.69, 9.17) is 0 Å². The van der Waals surface area contributed by atoms with E-state index in [2.05, 4.69) is 23.7 Å². The van der Waals surface area contributed by atoms with Crippen molar-refractivity contribution in [2.75, 3.05) is 13.1 Å². The Hall–Kier alpha value is -3.14. The van der Waals surface area contributed by atoms with Crippen LogP contribution in [0.25, 0.3) is 0 Å². The molecule has 1 aromatic rings. The Kier molecular flexibility index (Phi) is 6.88. The fourth-order valence-electron chi connectivity index (χ4n) is 1.94. The lowest BCUT2D eigenvalue weighted by Gasteiger charge is -2.24. The zero-order valence-electron chi connectivity index (χ0n) is 14.5. The van der Waals surface area contributed by atoms with Crippen molar-refractivity contribution in [2.45, 2.75) is 26.3 Å². The summed E-state index contributed by atoms with van der Waals surface area (Å²) in [5.74, 6) is 3.92. The summed E-state index contributed by atoms with van der Waals surface area (Å²) in [7, 11) is 0. The first-order chi connectivity index (χ1) is 11.6. The number of carbonyl (C=O) groups is 2. The van der Waals surface area contributed by atoms with E-state index < -0.39 is 16.4 Å². The third-order valence-electron chi connectivity index (χ3n) is 2.89. The lowest BCUT2D eigenvalue weighted by molar-refractivity contribution is -0.385. The Morgan fingerprint density at radius 3 is 2.56 bits per heavy atom. The number of nitrogens with zero attached hydrogens (tertiary/aromatic N) is 2.